The predicted octanol–water partition coefficient (Wildman–Crippen LogP) is 3.31. The molecular formula is C13H10BrNO3S. The zero-order valence-corrected chi connectivity index (χ0v) is 12.5. The molecule has 0 fully saturated rings. The fourth-order valence-electron chi connectivity index (χ4n) is 1.48. The van der Waals surface area contributed by atoms with Gasteiger partial charge in [-0.15, -0.1) is 11.3 Å². The third-order valence-electron chi connectivity index (χ3n) is 2.35. The lowest BCUT2D eigenvalue weighted by molar-refractivity contribution is 0.0517. The van der Waals surface area contributed by atoms with Gasteiger partial charge in [-0.3, -0.25) is 4.79 Å². The summed E-state index contributed by atoms with van der Waals surface area (Å²) in [5, 5.41) is 0. The van der Waals surface area contributed by atoms with Gasteiger partial charge in [-0.25, -0.2) is 9.78 Å². The van der Waals surface area contributed by atoms with Crippen molar-refractivity contribution in [3.05, 3.63) is 50.4 Å². The van der Waals surface area contributed by atoms with Crippen LogP contribution in [0.5, 0.6) is 0 Å². The minimum Gasteiger partial charge on any atom is -0.461 e. The van der Waals surface area contributed by atoms with Gasteiger partial charge < -0.3 is 4.74 Å². The summed E-state index contributed by atoms with van der Waals surface area (Å²) < 4.78 is 5.77. The highest BCUT2D eigenvalue weighted by Gasteiger charge is 2.22. The standard InChI is InChI=1S/C13H10BrNO3S/c1-2-18-13(17)10-12(19-7-15-10)11(16)8-3-5-9(14)6-4-8/h3-7H,2H2,1H3. The molecule has 0 saturated heterocycles. The summed E-state index contributed by atoms with van der Waals surface area (Å²) in [6.07, 6.45) is 0. The lowest BCUT2D eigenvalue weighted by Crippen LogP contribution is -2.11. The Hall–Kier alpha value is -1.53. The van der Waals surface area contributed by atoms with Crippen molar-refractivity contribution in [3.63, 3.8) is 0 Å². The van der Waals surface area contributed by atoms with Crippen molar-refractivity contribution in [2.24, 2.45) is 0 Å². The van der Waals surface area contributed by atoms with Crippen molar-refractivity contribution in [3.8, 4) is 0 Å². The summed E-state index contributed by atoms with van der Waals surface area (Å²) in [5.41, 5.74) is 2.07. The van der Waals surface area contributed by atoms with E-state index >= 15 is 0 Å². The fraction of sp³-hybridized carbons (Fsp3) is 0.154. The molecule has 0 spiro atoms. The number of nitrogens with zero attached hydrogens (tertiary/aromatic N) is 1. The second-order valence-electron chi connectivity index (χ2n) is 3.59. The number of carbonyl (C=O) groups excluding carboxylic acids is 2. The third-order valence-corrected chi connectivity index (χ3v) is 3.70. The Labute approximate surface area is 122 Å². The highest BCUT2D eigenvalue weighted by atomic mass is 79.9. The molecule has 0 aliphatic rings. The molecule has 0 aliphatic heterocycles. The lowest BCUT2D eigenvalue weighted by Gasteiger charge is -2.02. The molecule has 2 aromatic rings. The smallest absolute Gasteiger partial charge is 0.358 e. The highest BCUT2D eigenvalue weighted by Crippen LogP contribution is 2.20. The summed E-state index contributed by atoms with van der Waals surface area (Å²) in [4.78, 5) is 28.2. The Morgan fingerprint density at radius 3 is 2.63 bits per heavy atom. The summed E-state index contributed by atoms with van der Waals surface area (Å²) in [6, 6.07) is 6.94. The van der Waals surface area contributed by atoms with Crippen molar-refractivity contribution in [1.82, 2.24) is 4.98 Å². The molecule has 4 nitrogen and oxygen atoms in total. The zero-order chi connectivity index (χ0) is 13.8. The molecule has 0 atom stereocenters. The van der Waals surface area contributed by atoms with E-state index in [2.05, 4.69) is 20.9 Å². The molecule has 19 heavy (non-hydrogen) atoms. The van der Waals surface area contributed by atoms with E-state index in [9.17, 15) is 9.59 Å². The number of hydrogen-bond donors (Lipinski definition) is 0. The van der Waals surface area contributed by atoms with Gasteiger partial charge >= 0.3 is 5.97 Å². The van der Waals surface area contributed by atoms with E-state index in [1.54, 1.807) is 31.2 Å². The van der Waals surface area contributed by atoms with E-state index < -0.39 is 5.97 Å². The van der Waals surface area contributed by atoms with Gasteiger partial charge in [0.2, 0.25) is 5.78 Å². The van der Waals surface area contributed by atoms with Crippen molar-refractivity contribution < 1.29 is 14.3 Å². The first-order valence-electron chi connectivity index (χ1n) is 5.54. The van der Waals surface area contributed by atoms with Crippen LogP contribution < -0.4 is 0 Å². The summed E-state index contributed by atoms with van der Waals surface area (Å²) >= 11 is 4.44. The molecule has 0 saturated carbocycles. The first kappa shape index (κ1) is 13.9. The summed E-state index contributed by atoms with van der Waals surface area (Å²) in [6.45, 7) is 1.96. The van der Waals surface area contributed by atoms with Gasteiger partial charge in [0.15, 0.2) is 5.69 Å². The van der Waals surface area contributed by atoms with Crippen LogP contribution in [0, 0.1) is 0 Å². The maximum Gasteiger partial charge on any atom is 0.358 e. The van der Waals surface area contributed by atoms with Crippen molar-refractivity contribution in [2.75, 3.05) is 6.61 Å². The number of aromatic nitrogens is 1. The molecule has 0 bridgehead atoms. The minimum atomic E-state index is -0.566. The lowest BCUT2D eigenvalue weighted by atomic mass is 10.1. The molecule has 0 aliphatic carbocycles. The fourth-order valence-corrected chi connectivity index (χ4v) is 2.48. The zero-order valence-electron chi connectivity index (χ0n) is 10.1. The largest absolute Gasteiger partial charge is 0.461 e. The average molecular weight is 340 g/mol. The van der Waals surface area contributed by atoms with E-state index in [0.29, 0.717) is 10.4 Å². The molecule has 0 amide bonds. The Bertz CT molecular complexity index is 607. The van der Waals surface area contributed by atoms with Gasteiger partial charge in [0.1, 0.15) is 4.88 Å². The van der Waals surface area contributed by atoms with Gasteiger partial charge in [-0.05, 0) is 31.2 Å². The van der Waals surface area contributed by atoms with Crippen LogP contribution in [0.15, 0.2) is 34.2 Å². The first-order chi connectivity index (χ1) is 9.13. The Morgan fingerprint density at radius 1 is 1.32 bits per heavy atom. The number of ketones is 1. The number of esters is 1. The third kappa shape index (κ3) is 3.08. The maximum atomic E-state index is 12.3. The molecule has 6 heteroatoms. The predicted molar refractivity (Wildman–Crippen MR) is 75.6 cm³/mol. The van der Waals surface area contributed by atoms with Crippen LogP contribution in [-0.2, 0) is 4.74 Å². The van der Waals surface area contributed by atoms with Gasteiger partial charge in [-0.2, -0.15) is 0 Å². The number of ether oxygens (including phenoxy) is 1. The normalized spacial score (nSPS) is 10.2. The van der Waals surface area contributed by atoms with Crippen LogP contribution in [0.1, 0.15) is 32.6 Å². The second-order valence-corrected chi connectivity index (χ2v) is 5.36. The number of halogens is 1. The molecule has 2 rings (SSSR count). The second kappa shape index (κ2) is 6.08. The monoisotopic (exact) mass is 339 g/mol. The van der Waals surface area contributed by atoms with E-state index in [-0.39, 0.29) is 18.1 Å². The maximum absolute atomic E-state index is 12.3. The molecule has 0 radical (unpaired) electrons. The first-order valence-corrected chi connectivity index (χ1v) is 7.21. The molecule has 1 aromatic carbocycles. The van der Waals surface area contributed by atoms with Crippen LogP contribution >= 0.6 is 27.3 Å². The van der Waals surface area contributed by atoms with Gasteiger partial charge in [0.25, 0.3) is 0 Å². The Kier molecular flexibility index (Phi) is 4.44. The van der Waals surface area contributed by atoms with Crippen LogP contribution in [-0.4, -0.2) is 23.3 Å². The van der Waals surface area contributed by atoms with Crippen LogP contribution in [0.3, 0.4) is 0 Å². The van der Waals surface area contributed by atoms with E-state index in [1.807, 2.05) is 0 Å². The number of hydrogen-bond acceptors (Lipinski definition) is 5. The van der Waals surface area contributed by atoms with Crippen molar-refractivity contribution >= 4 is 39.0 Å². The molecule has 1 aromatic heterocycles. The Morgan fingerprint density at radius 2 is 2.00 bits per heavy atom. The van der Waals surface area contributed by atoms with Gasteiger partial charge in [-0.1, -0.05) is 15.9 Å². The summed E-state index contributed by atoms with van der Waals surface area (Å²) in [5.74, 6) is -0.790. The van der Waals surface area contributed by atoms with E-state index in [1.165, 1.54) is 5.51 Å². The van der Waals surface area contributed by atoms with Crippen LogP contribution in [0.4, 0.5) is 0 Å². The molecular weight excluding hydrogens is 330 g/mol. The molecule has 0 N–H and O–H groups in total. The average Bonchev–Trinajstić information content (AvgIpc) is 2.88. The quantitative estimate of drug-likeness (QED) is 0.633. The van der Waals surface area contributed by atoms with Gasteiger partial charge in [0.05, 0.1) is 12.1 Å². The SMILES string of the molecule is CCOC(=O)c1ncsc1C(=O)c1ccc(Br)cc1. The Balaban J connectivity index is 2.32. The highest BCUT2D eigenvalue weighted by molar-refractivity contribution is 9.10. The number of rotatable bonds is 4. The van der Waals surface area contributed by atoms with Crippen molar-refractivity contribution in [2.45, 2.75) is 6.92 Å². The molecule has 1 heterocycles. The number of thiazole rings is 1. The van der Waals surface area contributed by atoms with Gasteiger partial charge in [0, 0.05) is 10.0 Å². The topological polar surface area (TPSA) is 56.3 Å². The summed E-state index contributed by atoms with van der Waals surface area (Å²) in [7, 11) is 0. The van der Waals surface area contributed by atoms with Crippen LogP contribution in [0.2, 0.25) is 0 Å². The van der Waals surface area contributed by atoms with E-state index in [4.69, 9.17) is 4.74 Å². The number of carbonyl (C=O) groups is 2. The van der Waals surface area contributed by atoms with Crippen LogP contribution in [0.25, 0.3) is 0 Å². The van der Waals surface area contributed by atoms with Crippen molar-refractivity contribution in [1.29, 1.82) is 0 Å². The molecule has 98 valence electrons. The molecule has 0 unspecified atom stereocenters. The number of benzene rings is 1. The minimum absolute atomic E-state index is 0.0831. The van der Waals surface area contributed by atoms with E-state index in [0.717, 1.165) is 15.8 Å².